The summed E-state index contributed by atoms with van der Waals surface area (Å²) >= 11 is 5.45. The molecule has 0 atom stereocenters. The normalized spacial score (nSPS) is 10.5. The molecule has 0 unspecified atom stereocenters. The predicted molar refractivity (Wildman–Crippen MR) is 39.4 cm³/mol. The molecule has 6 heteroatoms. The van der Waals surface area contributed by atoms with Gasteiger partial charge in [-0.1, -0.05) is 17.7 Å². The Kier molecular flexibility index (Phi) is 5.72. The number of benzene rings is 1. The Bertz CT molecular complexity index is 363. The van der Waals surface area contributed by atoms with Crippen molar-refractivity contribution in [3.05, 3.63) is 29.3 Å². The first-order valence-corrected chi connectivity index (χ1v) is 4.50. The second-order valence-electron chi connectivity index (χ2n) is 1.91. The Balaban J connectivity index is 0.00000121. The van der Waals surface area contributed by atoms with Gasteiger partial charge in [-0.25, -0.2) is 8.42 Å². The quantitative estimate of drug-likeness (QED) is 0.572. The van der Waals surface area contributed by atoms with Crippen LogP contribution in [0.4, 0.5) is 0 Å². The monoisotopic (exact) mass is 276 g/mol. The molecule has 0 fully saturated rings. The summed E-state index contributed by atoms with van der Waals surface area (Å²) in [6.07, 6.45) is 0. The van der Waals surface area contributed by atoms with Gasteiger partial charge in [0.15, 0.2) is 0 Å². The zero-order chi connectivity index (χ0) is 8.48. The fourth-order valence-corrected chi connectivity index (χ4v) is 1.39. The summed E-state index contributed by atoms with van der Waals surface area (Å²) in [5, 5.41) is 0.238. The van der Waals surface area contributed by atoms with E-state index >= 15 is 0 Å². The van der Waals surface area contributed by atoms with Crippen LogP contribution in [0.25, 0.3) is 0 Å². The molecule has 12 heavy (non-hydrogen) atoms. The van der Waals surface area contributed by atoms with Gasteiger partial charge in [0.05, 0.1) is 4.90 Å². The fourth-order valence-electron chi connectivity index (χ4n) is 0.623. The van der Waals surface area contributed by atoms with Crippen LogP contribution in [0, 0.1) is 0 Å². The van der Waals surface area contributed by atoms with Crippen LogP contribution in [-0.4, -0.2) is 13.0 Å². The number of rotatable bonds is 1. The molecule has 0 N–H and O–H groups in total. The van der Waals surface area contributed by atoms with Gasteiger partial charge in [0.2, 0.25) is 0 Å². The summed E-state index contributed by atoms with van der Waals surface area (Å²) in [4.78, 5) is -0.301. The van der Waals surface area contributed by atoms with Crippen molar-refractivity contribution < 1.29 is 71.2 Å². The molecule has 0 aliphatic heterocycles. The smallest absolute Gasteiger partial charge is 0.744 e. The Hall–Kier alpha value is 1.23. The van der Waals surface area contributed by atoms with Crippen LogP contribution in [-0.2, 0) is 10.1 Å². The van der Waals surface area contributed by atoms with Crippen LogP contribution < -0.4 is 58.2 Å². The molecule has 1 aromatic rings. The maximum Gasteiger partial charge on any atom is 1.00 e. The van der Waals surface area contributed by atoms with E-state index in [0.29, 0.717) is 0 Å². The third-order valence-electron chi connectivity index (χ3n) is 1.08. The van der Waals surface area contributed by atoms with Gasteiger partial charge in [0, 0.05) is 5.02 Å². The molecule has 0 saturated carbocycles. The first-order chi connectivity index (χ1) is 5.00. The van der Waals surface area contributed by atoms with Crippen molar-refractivity contribution in [3.63, 3.8) is 0 Å². The van der Waals surface area contributed by atoms with E-state index in [1.165, 1.54) is 18.2 Å². The summed E-state index contributed by atoms with van der Waals surface area (Å²) in [6, 6.07) is 5.22. The van der Waals surface area contributed by atoms with Crippen LogP contribution in [0.3, 0.4) is 0 Å². The van der Waals surface area contributed by atoms with Crippen LogP contribution in [0.1, 0.15) is 0 Å². The minimum atomic E-state index is -4.36. The van der Waals surface area contributed by atoms with Gasteiger partial charge >= 0.3 is 58.2 Å². The molecule has 1 rings (SSSR count). The van der Waals surface area contributed by atoms with Crippen molar-refractivity contribution in [2.75, 3.05) is 0 Å². The van der Waals surface area contributed by atoms with Gasteiger partial charge in [-0.2, -0.15) is 0 Å². The molecule has 0 aromatic heterocycles. The Morgan fingerprint density at radius 3 is 2.25 bits per heavy atom. The number of halogens is 1. The number of hydrogen-bond donors (Lipinski definition) is 0. The van der Waals surface area contributed by atoms with Crippen LogP contribution in [0.5, 0.6) is 0 Å². The molecule has 0 bridgehead atoms. The molecule has 1 aromatic carbocycles. The maximum absolute atomic E-state index is 10.4. The van der Waals surface area contributed by atoms with E-state index in [1.54, 1.807) is 0 Å². The summed E-state index contributed by atoms with van der Waals surface area (Å²) in [7, 11) is -4.36. The summed E-state index contributed by atoms with van der Waals surface area (Å²) < 4.78 is 31.1. The minimum absolute atomic E-state index is 0. The van der Waals surface area contributed by atoms with Crippen molar-refractivity contribution in [2.45, 2.75) is 4.90 Å². The fraction of sp³-hybridized carbons (Fsp3) is 0. The summed E-state index contributed by atoms with van der Waals surface area (Å²) in [6.45, 7) is 0. The molecule has 0 spiro atoms. The van der Waals surface area contributed by atoms with Crippen LogP contribution in [0.15, 0.2) is 29.2 Å². The van der Waals surface area contributed by atoms with Gasteiger partial charge in [-0.15, -0.1) is 0 Å². The molecular formula is C6H4ClO3RbS. The van der Waals surface area contributed by atoms with E-state index in [0.717, 1.165) is 6.07 Å². The molecule has 0 aliphatic carbocycles. The minimum Gasteiger partial charge on any atom is -0.744 e. The molecule has 0 aliphatic rings. The third-order valence-corrected chi connectivity index (χ3v) is 2.15. The molecule has 0 heterocycles. The van der Waals surface area contributed by atoms with Crippen molar-refractivity contribution in [2.24, 2.45) is 0 Å². The topological polar surface area (TPSA) is 57.2 Å². The van der Waals surface area contributed by atoms with Gasteiger partial charge in [-0.05, 0) is 18.2 Å². The SMILES string of the molecule is O=S(=O)([O-])c1cccc(Cl)c1.[Rb+]. The Morgan fingerprint density at radius 2 is 1.92 bits per heavy atom. The Labute approximate surface area is 125 Å². The van der Waals surface area contributed by atoms with Gasteiger partial charge in [0.1, 0.15) is 10.1 Å². The zero-order valence-corrected chi connectivity index (χ0v) is 12.8. The zero-order valence-electron chi connectivity index (χ0n) is 6.32. The first kappa shape index (κ1) is 13.2. The second-order valence-corrected chi connectivity index (χ2v) is 3.73. The second kappa shape index (κ2) is 5.19. The molecule has 0 radical (unpaired) electrons. The van der Waals surface area contributed by atoms with Crippen molar-refractivity contribution in [1.82, 2.24) is 0 Å². The standard InChI is InChI=1S/C6H5ClO3S.Rb/c7-5-2-1-3-6(4-5)11(8,9)10;/h1-4H,(H,8,9,10);/q;+1/p-1. The predicted octanol–water partition coefficient (Wildman–Crippen LogP) is -1.75. The van der Waals surface area contributed by atoms with E-state index < -0.39 is 10.1 Å². The van der Waals surface area contributed by atoms with Crippen molar-refractivity contribution >= 4 is 21.7 Å². The molecular weight excluding hydrogens is 273 g/mol. The average molecular weight is 277 g/mol. The summed E-state index contributed by atoms with van der Waals surface area (Å²) in [5.74, 6) is 0. The molecule has 0 amide bonds. The molecule has 60 valence electrons. The third kappa shape index (κ3) is 3.96. The average Bonchev–Trinajstić information content (AvgIpc) is 1.86. The maximum atomic E-state index is 10.4. The van der Waals surface area contributed by atoms with Gasteiger partial charge < -0.3 is 4.55 Å². The van der Waals surface area contributed by atoms with E-state index in [1.807, 2.05) is 0 Å². The largest absolute Gasteiger partial charge is 1.00 e. The van der Waals surface area contributed by atoms with Crippen LogP contribution >= 0.6 is 11.6 Å². The van der Waals surface area contributed by atoms with E-state index in [2.05, 4.69) is 0 Å². The van der Waals surface area contributed by atoms with Crippen molar-refractivity contribution in [1.29, 1.82) is 0 Å². The van der Waals surface area contributed by atoms with Gasteiger partial charge in [0.25, 0.3) is 0 Å². The van der Waals surface area contributed by atoms with E-state index in [-0.39, 0.29) is 68.1 Å². The van der Waals surface area contributed by atoms with Gasteiger partial charge in [-0.3, -0.25) is 0 Å². The number of hydrogen-bond acceptors (Lipinski definition) is 3. The molecule has 0 saturated heterocycles. The Morgan fingerprint density at radius 1 is 1.33 bits per heavy atom. The van der Waals surface area contributed by atoms with Crippen LogP contribution in [0.2, 0.25) is 5.02 Å². The summed E-state index contributed by atoms with van der Waals surface area (Å²) in [5.41, 5.74) is 0. The molecule has 3 nitrogen and oxygen atoms in total. The first-order valence-electron chi connectivity index (χ1n) is 2.71. The van der Waals surface area contributed by atoms with Crippen molar-refractivity contribution in [3.8, 4) is 0 Å². The van der Waals surface area contributed by atoms with E-state index in [9.17, 15) is 13.0 Å². The van der Waals surface area contributed by atoms with E-state index in [4.69, 9.17) is 11.6 Å².